The molecule has 6 heterocycles. The molecule has 0 radical (unpaired) electrons. The predicted octanol–water partition coefficient (Wildman–Crippen LogP) is 17.1. The van der Waals surface area contributed by atoms with Crippen LogP contribution in [0.2, 0.25) is 0 Å². The number of hydrogen-bond acceptors (Lipinski definition) is 20. The molecular weight excluding hydrogens is 1580 g/mol. The van der Waals surface area contributed by atoms with Gasteiger partial charge >= 0.3 is 105 Å². The third-order valence-electron chi connectivity index (χ3n) is 11.8. The van der Waals surface area contributed by atoms with Crippen molar-refractivity contribution in [3.05, 3.63) is 312 Å². The van der Waals surface area contributed by atoms with Gasteiger partial charge in [0.15, 0.2) is 0 Å². The number of benzene rings is 4. The number of rotatable bonds is 24. The molecule has 0 saturated carbocycles. The van der Waals surface area contributed by atoms with Crippen LogP contribution in [0.4, 0.5) is 62.0 Å². The third-order valence-corrected chi connectivity index (χ3v) is 13.6. The molecule has 0 amide bonds. The van der Waals surface area contributed by atoms with Gasteiger partial charge in [0.05, 0.1) is 60.6 Å². The van der Waals surface area contributed by atoms with E-state index in [2.05, 4.69) is 39.7 Å². The van der Waals surface area contributed by atoms with Crippen LogP contribution in [0, 0.1) is 0 Å². The minimum absolute atomic E-state index is 0. The first-order chi connectivity index (χ1) is 47.8. The Labute approximate surface area is 618 Å². The normalized spacial score (nSPS) is 12.2. The molecular formula is C66H74F12N10O10P4Zn2. The molecule has 0 aliphatic carbocycles. The number of aliphatic hydroxyl groups is 2. The number of hydrogen-bond donors (Lipinski definition) is 4. The Kier molecular flexibility index (Phi) is 40.6. The number of nitrogen functional groups attached to an aromatic ring is 2. The molecule has 0 fully saturated rings. The second kappa shape index (κ2) is 44.6. The van der Waals surface area contributed by atoms with Crippen molar-refractivity contribution in [1.29, 1.82) is 0 Å². The summed E-state index contributed by atoms with van der Waals surface area (Å²) in [7, 11) is -27.9. The van der Waals surface area contributed by atoms with Gasteiger partial charge < -0.3 is 49.6 Å². The maximum Gasteiger partial charge on any atom is 2.00 e. The van der Waals surface area contributed by atoms with Crippen molar-refractivity contribution >= 4 is 42.9 Å². The summed E-state index contributed by atoms with van der Waals surface area (Å²) in [5.41, 5.74) is 20.7. The maximum absolute atomic E-state index is 11.6. The van der Waals surface area contributed by atoms with Gasteiger partial charge in [0.25, 0.3) is 15.6 Å². The molecule has 0 unspecified atom stereocenters. The first-order valence-corrected chi connectivity index (χ1v) is 36.6. The smallest absolute Gasteiger partial charge is 0.756 e. The van der Waals surface area contributed by atoms with Crippen LogP contribution in [0.3, 0.4) is 0 Å². The van der Waals surface area contributed by atoms with E-state index in [0.29, 0.717) is 24.7 Å². The Morgan fingerprint density at radius 1 is 0.327 bits per heavy atom. The van der Waals surface area contributed by atoms with Crippen molar-refractivity contribution in [2.45, 2.75) is 65.7 Å². The standard InChI is InChI=1S/2C18H19N5.2C14H15O4P.2CH4O.2F6P.2Zn/c2*19-18-9-5-8-17(22-18)14-23(12-15-6-1-3-10-20-15)13-16-7-2-4-11-21-16;2*15-19(16,17-11-13-7-3-1-4-8-13)18-12-14-9-5-2-6-10-14;2*1-2;2*1-7(2,3,4,5)6;;/h2*1-11H,12-14H2,(H2,19,22);2*1-10H,11-12H2,(H,15,16);2*2H,1H3;;;;/q;;;;;;2*-1;2*+2/p-2. The Morgan fingerprint density at radius 3 is 0.692 bits per heavy atom. The molecule has 0 atom stereocenters. The van der Waals surface area contributed by atoms with E-state index < -0.39 is 31.3 Å². The summed E-state index contributed by atoms with van der Waals surface area (Å²) in [6.45, 7) is 4.24. The van der Waals surface area contributed by atoms with Crippen LogP contribution >= 0.6 is 31.3 Å². The Morgan fingerprint density at radius 2 is 0.510 bits per heavy atom. The van der Waals surface area contributed by atoms with E-state index in [1.807, 2.05) is 195 Å². The largest absolute Gasteiger partial charge is 2.00 e. The molecule has 10 aromatic rings. The van der Waals surface area contributed by atoms with Crippen LogP contribution in [0.25, 0.3) is 0 Å². The van der Waals surface area contributed by atoms with E-state index in [-0.39, 0.29) is 65.4 Å². The van der Waals surface area contributed by atoms with Gasteiger partial charge in [-0.3, -0.25) is 38.9 Å². The van der Waals surface area contributed by atoms with Gasteiger partial charge in [0, 0.05) is 78.3 Å². The number of pyridine rings is 6. The van der Waals surface area contributed by atoms with Gasteiger partial charge in [-0.1, -0.05) is 158 Å². The molecule has 0 aliphatic heterocycles. The van der Waals surface area contributed by atoms with E-state index in [0.717, 1.165) is 96.8 Å². The van der Waals surface area contributed by atoms with Crippen molar-refractivity contribution in [3.63, 3.8) is 0 Å². The van der Waals surface area contributed by atoms with Crippen molar-refractivity contribution in [2.24, 2.45) is 0 Å². The number of aromatic nitrogens is 6. The van der Waals surface area contributed by atoms with Crippen molar-refractivity contribution in [1.82, 2.24) is 39.7 Å². The average molecular weight is 1650 g/mol. The van der Waals surface area contributed by atoms with Gasteiger partial charge in [-0.25, -0.2) is 9.97 Å². The molecule has 556 valence electrons. The van der Waals surface area contributed by atoms with E-state index in [4.69, 9.17) is 39.8 Å². The number of halogens is 12. The number of anilines is 2. The summed E-state index contributed by atoms with van der Waals surface area (Å²) in [6.07, 6.45) is 7.25. The SMILES string of the molecule is CO.CO.F[P-](F)(F)(F)(F)F.F[P-](F)(F)(F)(F)F.Nc1cccc(CN(Cc2ccccn2)Cc2ccccn2)n1.Nc1cccc(CN(Cc2ccccn2)Cc2ccccn2)n1.O=P([O-])(OCc1ccccc1)OCc1ccccc1.O=P([O-])(OCc1ccccc1)OCc1ccccc1.[Zn+2].[Zn+2]. The van der Waals surface area contributed by atoms with Gasteiger partial charge in [-0.15, -0.1) is 0 Å². The average Bonchev–Trinajstić information content (AvgIpc) is 0.795. The molecule has 0 aliphatic rings. The molecule has 38 heteroatoms. The fraction of sp³-hybridized carbons (Fsp3) is 0.182. The fourth-order valence-corrected chi connectivity index (χ4v) is 9.21. The molecule has 6 aromatic heterocycles. The third kappa shape index (κ3) is 53.5. The van der Waals surface area contributed by atoms with Crippen molar-refractivity contribution in [2.75, 3.05) is 25.7 Å². The molecule has 4 aromatic carbocycles. The number of nitrogens with two attached hydrogens (primary N) is 2. The monoisotopic (exact) mass is 1650 g/mol. The van der Waals surface area contributed by atoms with Gasteiger partial charge in [-0.2, -0.15) is 0 Å². The summed E-state index contributed by atoms with van der Waals surface area (Å²) in [5.74, 6) is 1.08. The Bertz CT molecular complexity index is 3580. The second-order valence-corrected chi connectivity index (χ2v) is 27.2. The van der Waals surface area contributed by atoms with E-state index in [9.17, 15) is 69.3 Å². The quantitative estimate of drug-likeness (QED) is 0.0248. The number of nitrogens with zero attached hydrogens (tertiary/aromatic N) is 8. The zero-order valence-electron chi connectivity index (χ0n) is 56.0. The zero-order chi connectivity index (χ0) is 75.7. The van der Waals surface area contributed by atoms with Gasteiger partial charge in [0.2, 0.25) is 0 Å². The van der Waals surface area contributed by atoms with Crippen LogP contribution in [-0.2, 0) is 132 Å². The molecule has 0 bridgehead atoms. The summed E-state index contributed by atoms with van der Waals surface area (Å²) in [5, 5.41) is 14.0. The van der Waals surface area contributed by atoms with Gasteiger partial charge in [-0.05, 0) is 95.1 Å². The van der Waals surface area contributed by atoms with E-state index >= 15 is 0 Å². The van der Waals surface area contributed by atoms with Crippen LogP contribution in [0.5, 0.6) is 0 Å². The summed E-state index contributed by atoms with van der Waals surface area (Å²) in [4.78, 5) is 54.1. The molecule has 0 spiro atoms. The van der Waals surface area contributed by atoms with Crippen molar-refractivity contribution in [3.8, 4) is 0 Å². The number of phosphoric acid groups is 2. The maximum atomic E-state index is 11.6. The molecule has 20 nitrogen and oxygen atoms in total. The Hall–Kier alpha value is -7.29. The molecule has 6 N–H and O–H groups in total. The first kappa shape index (κ1) is 94.7. The number of phosphoric ester groups is 2. The topological polar surface area (TPSA) is 294 Å². The predicted molar refractivity (Wildman–Crippen MR) is 364 cm³/mol. The van der Waals surface area contributed by atoms with E-state index in [1.165, 1.54) is 0 Å². The van der Waals surface area contributed by atoms with Crippen LogP contribution < -0.4 is 21.3 Å². The Balaban J connectivity index is 0.000000640. The minimum Gasteiger partial charge on any atom is -0.756 e. The molecule has 10 rings (SSSR count). The van der Waals surface area contributed by atoms with Crippen molar-refractivity contribution < 1.29 is 137 Å². The van der Waals surface area contributed by atoms with Gasteiger partial charge in [0.1, 0.15) is 11.6 Å². The zero-order valence-corrected chi connectivity index (χ0v) is 65.5. The molecule has 104 heavy (non-hydrogen) atoms. The summed E-state index contributed by atoms with van der Waals surface area (Å²) >= 11 is 0. The fourth-order valence-electron chi connectivity index (χ4n) is 7.83. The summed E-state index contributed by atoms with van der Waals surface area (Å²) in [6, 6.07) is 71.5. The number of aliphatic hydroxyl groups excluding tert-OH is 2. The van der Waals surface area contributed by atoms with Crippen LogP contribution in [-0.4, -0.2) is 64.1 Å². The minimum atomic E-state index is -10.7. The first-order valence-electron chi connectivity index (χ1n) is 29.7. The van der Waals surface area contributed by atoms with E-state index in [1.54, 1.807) is 60.7 Å². The molecule has 0 saturated heterocycles. The second-order valence-electron chi connectivity index (χ2n) is 20.5. The summed E-state index contributed by atoms with van der Waals surface area (Å²) < 4.78 is 161. The van der Waals surface area contributed by atoms with Crippen LogP contribution in [0.15, 0.2) is 255 Å². The van der Waals surface area contributed by atoms with Crippen LogP contribution in [0.1, 0.15) is 56.4 Å².